The summed E-state index contributed by atoms with van der Waals surface area (Å²) in [5.74, 6) is -1.58. The standard InChI is InChI=1S/C13H16ClFN2O4/c14-9-4-3-8(6-10(9)15)11(18)7-17-13(21)16-5-1-2-12(19)20/h3-4,6,11,18H,1-2,5,7H2,(H,19,20)(H2,16,17,21). The Labute approximate surface area is 125 Å². The molecule has 0 heterocycles. The number of aliphatic carboxylic acids is 1. The molecule has 1 aromatic rings. The smallest absolute Gasteiger partial charge is 0.314 e. The molecule has 0 fully saturated rings. The minimum Gasteiger partial charge on any atom is -0.481 e. The Morgan fingerprint density at radius 3 is 2.67 bits per heavy atom. The minimum atomic E-state index is -1.07. The number of aliphatic hydroxyl groups is 1. The van der Waals surface area contributed by atoms with Crippen molar-refractivity contribution in [2.75, 3.05) is 13.1 Å². The van der Waals surface area contributed by atoms with Gasteiger partial charge in [-0.15, -0.1) is 0 Å². The molecule has 116 valence electrons. The van der Waals surface area contributed by atoms with E-state index in [9.17, 15) is 19.1 Å². The largest absolute Gasteiger partial charge is 0.481 e. The lowest BCUT2D eigenvalue weighted by Crippen LogP contribution is -2.38. The molecule has 1 unspecified atom stereocenters. The van der Waals surface area contributed by atoms with Gasteiger partial charge in [-0.3, -0.25) is 4.79 Å². The first-order chi connectivity index (χ1) is 9.90. The highest BCUT2D eigenvalue weighted by Crippen LogP contribution is 2.19. The van der Waals surface area contributed by atoms with Crippen molar-refractivity contribution in [2.24, 2.45) is 0 Å². The average Bonchev–Trinajstić information content (AvgIpc) is 2.43. The number of rotatable bonds is 7. The number of nitrogens with one attached hydrogen (secondary N) is 2. The van der Waals surface area contributed by atoms with Crippen molar-refractivity contribution in [2.45, 2.75) is 18.9 Å². The fraction of sp³-hybridized carbons (Fsp3) is 0.385. The van der Waals surface area contributed by atoms with E-state index in [4.69, 9.17) is 16.7 Å². The van der Waals surface area contributed by atoms with Gasteiger partial charge in [0.05, 0.1) is 11.1 Å². The van der Waals surface area contributed by atoms with Crippen LogP contribution in [0.4, 0.5) is 9.18 Å². The number of carboxylic acid groups (broad SMARTS) is 1. The molecule has 0 spiro atoms. The first-order valence-corrected chi connectivity index (χ1v) is 6.64. The second-order valence-corrected chi connectivity index (χ2v) is 4.73. The van der Waals surface area contributed by atoms with Gasteiger partial charge >= 0.3 is 12.0 Å². The molecule has 0 saturated carbocycles. The summed E-state index contributed by atoms with van der Waals surface area (Å²) in [5, 5.41) is 23.0. The zero-order valence-electron chi connectivity index (χ0n) is 11.1. The van der Waals surface area contributed by atoms with Crippen molar-refractivity contribution in [1.29, 1.82) is 0 Å². The van der Waals surface area contributed by atoms with Crippen LogP contribution in [0.1, 0.15) is 24.5 Å². The molecule has 0 radical (unpaired) electrons. The predicted molar refractivity (Wildman–Crippen MR) is 74.6 cm³/mol. The number of halogens is 2. The summed E-state index contributed by atoms with van der Waals surface area (Å²) in [4.78, 5) is 21.6. The topological polar surface area (TPSA) is 98.7 Å². The van der Waals surface area contributed by atoms with Crippen molar-refractivity contribution in [1.82, 2.24) is 10.6 Å². The Morgan fingerprint density at radius 1 is 1.33 bits per heavy atom. The maximum Gasteiger partial charge on any atom is 0.314 e. The quantitative estimate of drug-likeness (QED) is 0.575. The normalized spacial score (nSPS) is 11.8. The molecule has 0 aliphatic heterocycles. The van der Waals surface area contributed by atoms with Crippen molar-refractivity contribution >= 4 is 23.6 Å². The van der Waals surface area contributed by atoms with Crippen molar-refractivity contribution in [3.05, 3.63) is 34.6 Å². The lowest BCUT2D eigenvalue weighted by atomic mass is 10.1. The van der Waals surface area contributed by atoms with Gasteiger partial charge in [0.2, 0.25) is 0 Å². The second-order valence-electron chi connectivity index (χ2n) is 4.32. The van der Waals surface area contributed by atoms with Gasteiger partial charge in [0.25, 0.3) is 0 Å². The van der Waals surface area contributed by atoms with E-state index in [0.29, 0.717) is 12.0 Å². The Bertz CT molecular complexity index is 513. The van der Waals surface area contributed by atoms with Crippen LogP contribution < -0.4 is 10.6 Å². The molecule has 0 aliphatic rings. The molecule has 0 aliphatic carbocycles. The highest BCUT2D eigenvalue weighted by molar-refractivity contribution is 6.30. The number of aliphatic hydroxyl groups excluding tert-OH is 1. The van der Waals surface area contributed by atoms with Crippen LogP contribution in [0.3, 0.4) is 0 Å². The van der Waals surface area contributed by atoms with Crippen LogP contribution in [0.2, 0.25) is 5.02 Å². The van der Waals surface area contributed by atoms with Gasteiger partial charge in [-0.05, 0) is 24.1 Å². The SMILES string of the molecule is O=C(O)CCCNC(=O)NCC(O)c1ccc(Cl)c(F)c1. The molecule has 1 aromatic carbocycles. The number of carbonyl (C=O) groups is 2. The monoisotopic (exact) mass is 318 g/mol. The molecular weight excluding hydrogens is 303 g/mol. The molecule has 1 atom stereocenters. The van der Waals surface area contributed by atoms with E-state index in [1.54, 1.807) is 0 Å². The van der Waals surface area contributed by atoms with E-state index in [1.165, 1.54) is 12.1 Å². The summed E-state index contributed by atoms with van der Waals surface area (Å²) in [7, 11) is 0. The lowest BCUT2D eigenvalue weighted by Gasteiger charge is -2.13. The van der Waals surface area contributed by atoms with Crippen molar-refractivity contribution in [3.63, 3.8) is 0 Å². The Morgan fingerprint density at radius 2 is 2.05 bits per heavy atom. The maximum absolute atomic E-state index is 13.2. The fourth-order valence-electron chi connectivity index (χ4n) is 1.53. The fourth-order valence-corrected chi connectivity index (χ4v) is 1.65. The van der Waals surface area contributed by atoms with Crippen LogP contribution in [-0.4, -0.2) is 35.3 Å². The van der Waals surface area contributed by atoms with Crippen LogP contribution in [0.15, 0.2) is 18.2 Å². The van der Waals surface area contributed by atoms with Gasteiger partial charge in [-0.2, -0.15) is 0 Å². The van der Waals surface area contributed by atoms with E-state index in [1.807, 2.05) is 0 Å². The Hall–Kier alpha value is -1.86. The Balaban J connectivity index is 2.31. The van der Waals surface area contributed by atoms with Gasteiger partial charge in [0, 0.05) is 19.5 Å². The van der Waals surface area contributed by atoms with Gasteiger partial charge in [-0.1, -0.05) is 17.7 Å². The summed E-state index contributed by atoms with van der Waals surface area (Å²) >= 11 is 5.53. The summed E-state index contributed by atoms with van der Waals surface area (Å²) < 4.78 is 13.2. The summed E-state index contributed by atoms with van der Waals surface area (Å²) in [6, 6.07) is 3.34. The molecule has 0 saturated heterocycles. The van der Waals surface area contributed by atoms with E-state index in [0.717, 1.165) is 6.07 Å². The zero-order chi connectivity index (χ0) is 15.8. The van der Waals surface area contributed by atoms with E-state index >= 15 is 0 Å². The van der Waals surface area contributed by atoms with Crippen molar-refractivity contribution < 1.29 is 24.2 Å². The predicted octanol–water partition coefficient (Wildman–Crippen LogP) is 1.68. The number of carboxylic acids is 1. The number of carbonyl (C=O) groups excluding carboxylic acids is 1. The van der Waals surface area contributed by atoms with Crippen LogP contribution in [-0.2, 0) is 4.79 Å². The number of benzene rings is 1. The van der Waals surface area contributed by atoms with Crippen LogP contribution >= 0.6 is 11.6 Å². The lowest BCUT2D eigenvalue weighted by molar-refractivity contribution is -0.137. The summed E-state index contributed by atoms with van der Waals surface area (Å²) in [5.41, 5.74) is 0.295. The summed E-state index contributed by atoms with van der Waals surface area (Å²) in [6.45, 7) is 0.107. The molecule has 0 bridgehead atoms. The third-order valence-corrected chi connectivity index (χ3v) is 2.94. The molecular formula is C13H16ClFN2O4. The zero-order valence-corrected chi connectivity index (χ0v) is 11.9. The average molecular weight is 319 g/mol. The van der Waals surface area contributed by atoms with Gasteiger partial charge in [-0.25, -0.2) is 9.18 Å². The highest BCUT2D eigenvalue weighted by Gasteiger charge is 2.11. The van der Waals surface area contributed by atoms with E-state index in [-0.39, 0.29) is 24.5 Å². The number of hydrogen-bond acceptors (Lipinski definition) is 3. The first-order valence-electron chi connectivity index (χ1n) is 6.26. The second kappa shape index (κ2) is 8.43. The molecule has 0 aromatic heterocycles. The van der Waals surface area contributed by atoms with Crippen LogP contribution in [0, 0.1) is 5.82 Å². The maximum atomic E-state index is 13.2. The Kier molecular flexibility index (Phi) is 6.90. The summed E-state index contributed by atoms with van der Waals surface area (Å²) in [6.07, 6.45) is -0.790. The molecule has 8 heteroatoms. The number of amides is 2. The van der Waals surface area contributed by atoms with E-state index < -0.39 is 23.9 Å². The molecule has 6 nitrogen and oxygen atoms in total. The van der Waals surface area contributed by atoms with Crippen LogP contribution in [0.5, 0.6) is 0 Å². The number of urea groups is 1. The van der Waals surface area contributed by atoms with Crippen molar-refractivity contribution in [3.8, 4) is 0 Å². The molecule has 4 N–H and O–H groups in total. The molecule has 1 rings (SSSR count). The minimum absolute atomic E-state index is 0.0348. The molecule has 21 heavy (non-hydrogen) atoms. The van der Waals surface area contributed by atoms with Gasteiger partial charge in [0.1, 0.15) is 5.82 Å². The van der Waals surface area contributed by atoms with Gasteiger partial charge in [0.15, 0.2) is 0 Å². The first kappa shape index (κ1) is 17.2. The van der Waals surface area contributed by atoms with E-state index in [2.05, 4.69) is 10.6 Å². The highest BCUT2D eigenvalue weighted by atomic mass is 35.5. The van der Waals surface area contributed by atoms with Crippen LogP contribution in [0.25, 0.3) is 0 Å². The number of hydrogen-bond donors (Lipinski definition) is 4. The third kappa shape index (κ3) is 6.42. The molecule has 2 amide bonds. The van der Waals surface area contributed by atoms with Gasteiger partial charge < -0.3 is 20.8 Å². The third-order valence-electron chi connectivity index (χ3n) is 2.64.